The number of likely N-dealkylation sites (tertiary alicyclic amines) is 1. The molecule has 0 bridgehead atoms. The maximum Gasteiger partial charge on any atom is 0.265 e. The van der Waals surface area contributed by atoms with Gasteiger partial charge in [0.2, 0.25) is 0 Å². The lowest BCUT2D eigenvalue weighted by Crippen LogP contribution is -2.37. The zero-order valence-corrected chi connectivity index (χ0v) is 14.3. The van der Waals surface area contributed by atoms with Crippen LogP contribution in [0, 0.1) is 24.7 Å². The summed E-state index contributed by atoms with van der Waals surface area (Å²) in [6.45, 7) is 5.84. The van der Waals surface area contributed by atoms with E-state index in [9.17, 15) is 4.79 Å². The van der Waals surface area contributed by atoms with Crippen LogP contribution in [-0.2, 0) is 0 Å². The van der Waals surface area contributed by atoms with Crippen molar-refractivity contribution in [2.75, 3.05) is 13.1 Å². The van der Waals surface area contributed by atoms with Crippen LogP contribution in [0.1, 0.15) is 45.7 Å². The molecule has 1 aliphatic rings. The summed E-state index contributed by atoms with van der Waals surface area (Å²) in [5.74, 6) is 7.00. The monoisotopic (exact) mass is 324 g/mol. The first-order valence-corrected chi connectivity index (χ1v) is 8.79. The molecular formula is C19H20N2OS. The fourth-order valence-electron chi connectivity index (χ4n) is 2.65. The van der Waals surface area contributed by atoms with Gasteiger partial charge in [-0.1, -0.05) is 31.0 Å². The third kappa shape index (κ3) is 3.80. The second-order valence-electron chi connectivity index (χ2n) is 6.02. The molecule has 4 heteroatoms. The van der Waals surface area contributed by atoms with Crippen LogP contribution in [0.5, 0.6) is 0 Å². The van der Waals surface area contributed by atoms with E-state index in [4.69, 9.17) is 0 Å². The van der Waals surface area contributed by atoms with E-state index in [-0.39, 0.29) is 5.91 Å². The Kier molecular flexibility index (Phi) is 4.78. The Bertz CT molecular complexity index is 747. The van der Waals surface area contributed by atoms with E-state index in [1.54, 1.807) is 0 Å². The molecule has 2 heterocycles. The van der Waals surface area contributed by atoms with Gasteiger partial charge in [-0.2, -0.15) is 0 Å². The number of thiazole rings is 1. The van der Waals surface area contributed by atoms with Crippen molar-refractivity contribution < 1.29 is 4.79 Å². The second-order valence-corrected chi connectivity index (χ2v) is 7.02. The standard InChI is InChI=1S/C19H20N2OS/c1-14-10-12-21(13-11-14)19(22)18-15(2)20-17(23-18)9-8-16-6-4-3-5-7-16/h3-7,14H,10-13H2,1-2H3. The number of aryl methyl sites for hydroxylation is 1. The first kappa shape index (κ1) is 15.8. The lowest BCUT2D eigenvalue weighted by molar-refractivity contribution is 0.0701. The number of amides is 1. The fraction of sp³-hybridized carbons (Fsp3) is 0.368. The maximum absolute atomic E-state index is 12.7. The number of benzene rings is 1. The molecule has 2 aromatic rings. The highest BCUT2D eigenvalue weighted by Crippen LogP contribution is 2.23. The summed E-state index contributed by atoms with van der Waals surface area (Å²) in [6, 6.07) is 9.82. The van der Waals surface area contributed by atoms with Gasteiger partial charge in [-0.3, -0.25) is 4.79 Å². The van der Waals surface area contributed by atoms with Crippen LogP contribution >= 0.6 is 11.3 Å². The van der Waals surface area contributed by atoms with E-state index < -0.39 is 0 Å². The fourth-order valence-corrected chi connectivity index (χ4v) is 3.54. The highest BCUT2D eigenvalue weighted by molar-refractivity contribution is 7.14. The molecule has 1 fully saturated rings. The Balaban J connectivity index is 1.76. The van der Waals surface area contributed by atoms with Crippen molar-refractivity contribution in [1.82, 2.24) is 9.88 Å². The number of carbonyl (C=O) groups is 1. The van der Waals surface area contributed by atoms with Crippen LogP contribution in [-0.4, -0.2) is 28.9 Å². The van der Waals surface area contributed by atoms with Gasteiger partial charge in [0.25, 0.3) is 5.91 Å². The Hall–Kier alpha value is -2.12. The van der Waals surface area contributed by atoms with E-state index in [1.165, 1.54) is 11.3 Å². The van der Waals surface area contributed by atoms with Crippen LogP contribution in [0.15, 0.2) is 30.3 Å². The molecule has 1 aromatic carbocycles. The zero-order valence-electron chi connectivity index (χ0n) is 13.5. The highest BCUT2D eigenvalue weighted by atomic mass is 32.1. The third-order valence-corrected chi connectivity index (χ3v) is 5.21. The van der Waals surface area contributed by atoms with Gasteiger partial charge in [0.05, 0.1) is 5.69 Å². The predicted octanol–water partition coefficient (Wildman–Crippen LogP) is 3.72. The topological polar surface area (TPSA) is 33.2 Å². The van der Waals surface area contributed by atoms with E-state index in [0.717, 1.165) is 42.1 Å². The predicted molar refractivity (Wildman–Crippen MR) is 93.6 cm³/mol. The first-order valence-electron chi connectivity index (χ1n) is 7.97. The first-order chi connectivity index (χ1) is 11.1. The van der Waals surface area contributed by atoms with Crippen molar-refractivity contribution in [2.45, 2.75) is 26.7 Å². The van der Waals surface area contributed by atoms with E-state index >= 15 is 0 Å². The Morgan fingerprint density at radius 2 is 1.91 bits per heavy atom. The van der Waals surface area contributed by atoms with Gasteiger partial charge in [-0.15, -0.1) is 11.3 Å². The van der Waals surface area contributed by atoms with Crippen LogP contribution in [0.25, 0.3) is 0 Å². The molecule has 0 unspecified atom stereocenters. The number of hydrogen-bond donors (Lipinski definition) is 0. The molecule has 0 N–H and O–H groups in total. The molecule has 3 nitrogen and oxygen atoms in total. The zero-order chi connectivity index (χ0) is 16.2. The average Bonchev–Trinajstić information content (AvgIpc) is 2.95. The molecule has 0 atom stereocenters. The van der Waals surface area contributed by atoms with Gasteiger partial charge >= 0.3 is 0 Å². The number of rotatable bonds is 1. The van der Waals surface area contributed by atoms with Gasteiger partial charge in [-0.25, -0.2) is 4.98 Å². The molecule has 1 aliphatic heterocycles. The van der Waals surface area contributed by atoms with E-state index in [1.807, 2.05) is 42.2 Å². The smallest absolute Gasteiger partial charge is 0.265 e. The van der Waals surface area contributed by atoms with Gasteiger partial charge in [0.1, 0.15) is 4.88 Å². The quantitative estimate of drug-likeness (QED) is 0.749. The number of carbonyl (C=O) groups excluding carboxylic acids is 1. The number of aromatic nitrogens is 1. The largest absolute Gasteiger partial charge is 0.338 e. The molecule has 1 saturated heterocycles. The van der Waals surface area contributed by atoms with Gasteiger partial charge in [-0.05, 0) is 43.7 Å². The minimum atomic E-state index is 0.111. The third-order valence-electron chi connectivity index (χ3n) is 4.15. The summed E-state index contributed by atoms with van der Waals surface area (Å²) in [4.78, 5) is 19.8. The molecule has 0 saturated carbocycles. The lowest BCUT2D eigenvalue weighted by Gasteiger charge is -2.29. The van der Waals surface area contributed by atoms with Crippen molar-refractivity contribution >= 4 is 17.2 Å². The average molecular weight is 324 g/mol. The number of nitrogens with zero attached hydrogens (tertiary/aromatic N) is 2. The highest BCUT2D eigenvalue weighted by Gasteiger charge is 2.24. The van der Waals surface area contributed by atoms with Crippen molar-refractivity contribution in [3.05, 3.63) is 51.5 Å². The van der Waals surface area contributed by atoms with E-state index in [0.29, 0.717) is 10.9 Å². The molecule has 3 rings (SSSR count). The van der Waals surface area contributed by atoms with Gasteiger partial charge in [0, 0.05) is 18.7 Å². The molecule has 1 amide bonds. The Morgan fingerprint density at radius 1 is 1.22 bits per heavy atom. The summed E-state index contributed by atoms with van der Waals surface area (Å²) in [5.41, 5.74) is 1.74. The Labute approximate surface area is 141 Å². The van der Waals surface area contributed by atoms with Crippen LogP contribution in [0.3, 0.4) is 0 Å². The molecule has 0 radical (unpaired) electrons. The summed E-state index contributed by atoms with van der Waals surface area (Å²) < 4.78 is 0. The minimum Gasteiger partial charge on any atom is -0.338 e. The maximum atomic E-state index is 12.7. The van der Waals surface area contributed by atoms with Crippen molar-refractivity contribution in [3.8, 4) is 11.8 Å². The van der Waals surface area contributed by atoms with Crippen LogP contribution < -0.4 is 0 Å². The number of piperidine rings is 1. The van der Waals surface area contributed by atoms with Crippen molar-refractivity contribution in [3.63, 3.8) is 0 Å². The second kappa shape index (κ2) is 6.97. The lowest BCUT2D eigenvalue weighted by atomic mass is 9.99. The van der Waals surface area contributed by atoms with Gasteiger partial charge < -0.3 is 4.90 Å². The molecular weight excluding hydrogens is 304 g/mol. The van der Waals surface area contributed by atoms with Gasteiger partial charge in [0.15, 0.2) is 5.01 Å². The summed E-state index contributed by atoms with van der Waals surface area (Å²) in [6.07, 6.45) is 2.18. The van der Waals surface area contributed by atoms with Crippen LogP contribution in [0.4, 0.5) is 0 Å². The van der Waals surface area contributed by atoms with Crippen molar-refractivity contribution in [1.29, 1.82) is 0 Å². The van der Waals surface area contributed by atoms with E-state index in [2.05, 4.69) is 23.7 Å². The molecule has 1 aromatic heterocycles. The summed E-state index contributed by atoms with van der Waals surface area (Å²) in [5, 5.41) is 0.708. The molecule has 0 aliphatic carbocycles. The van der Waals surface area contributed by atoms with Crippen LogP contribution in [0.2, 0.25) is 0 Å². The number of hydrogen-bond acceptors (Lipinski definition) is 3. The summed E-state index contributed by atoms with van der Waals surface area (Å²) >= 11 is 1.41. The normalized spacial score (nSPS) is 15.1. The molecule has 23 heavy (non-hydrogen) atoms. The Morgan fingerprint density at radius 3 is 2.61 bits per heavy atom. The summed E-state index contributed by atoms with van der Waals surface area (Å²) in [7, 11) is 0. The van der Waals surface area contributed by atoms with Crippen molar-refractivity contribution in [2.24, 2.45) is 5.92 Å². The SMILES string of the molecule is Cc1nc(C#Cc2ccccc2)sc1C(=O)N1CCC(C)CC1. The molecule has 0 spiro atoms. The minimum absolute atomic E-state index is 0.111. The molecule has 118 valence electrons.